The summed E-state index contributed by atoms with van der Waals surface area (Å²) in [5.41, 5.74) is 11.3. The molecule has 2 aromatic heterocycles. The molecule has 4 heterocycles. The van der Waals surface area contributed by atoms with Gasteiger partial charge in [-0.05, 0) is 30.7 Å². The zero-order valence-electron chi connectivity index (χ0n) is 19.7. The molecular formula is C27H28N6O2. The van der Waals surface area contributed by atoms with Crippen molar-refractivity contribution in [3.8, 4) is 5.95 Å². The third-order valence-electron chi connectivity index (χ3n) is 7.02. The predicted molar refractivity (Wildman–Crippen MR) is 135 cm³/mol. The maximum absolute atomic E-state index is 12.0. The Hall–Kier alpha value is -3.75. The quantitative estimate of drug-likeness (QED) is 0.466. The van der Waals surface area contributed by atoms with E-state index in [4.69, 9.17) is 20.4 Å². The summed E-state index contributed by atoms with van der Waals surface area (Å²) in [7, 11) is 0. The summed E-state index contributed by atoms with van der Waals surface area (Å²) < 4.78 is 7.87. The van der Waals surface area contributed by atoms with Gasteiger partial charge in [-0.3, -0.25) is 14.3 Å². The van der Waals surface area contributed by atoms with Crippen LogP contribution in [-0.4, -0.2) is 51.6 Å². The van der Waals surface area contributed by atoms with Gasteiger partial charge < -0.3 is 15.8 Å². The molecular weight excluding hydrogens is 440 g/mol. The maximum Gasteiger partial charge on any atom is 0.249 e. The van der Waals surface area contributed by atoms with Gasteiger partial charge >= 0.3 is 0 Å². The lowest BCUT2D eigenvalue weighted by Crippen LogP contribution is -2.44. The standard InChI is InChI=1S/C27H28N6O2/c1-17-14-20-19(25(28)34)8-5-9-22(20)33(17)27-30-21-10-11-32-12-13-35-16-23(32)24(21)26(31-27)29-15-18-6-3-2-4-7-18/h2-9,14,23H,10-13,15-16H2,1H3,(H2,28,34)(H,29,30,31). The van der Waals surface area contributed by atoms with Crippen molar-refractivity contribution in [2.75, 3.05) is 31.6 Å². The van der Waals surface area contributed by atoms with Gasteiger partial charge in [0.15, 0.2) is 0 Å². The van der Waals surface area contributed by atoms with Gasteiger partial charge in [-0.1, -0.05) is 36.4 Å². The topological polar surface area (TPSA) is 98.3 Å². The fourth-order valence-corrected chi connectivity index (χ4v) is 5.32. The molecule has 0 saturated carbocycles. The molecule has 8 heteroatoms. The van der Waals surface area contributed by atoms with Crippen LogP contribution >= 0.6 is 0 Å². The summed E-state index contributed by atoms with van der Waals surface area (Å²) in [4.78, 5) is 24.6. The number of morpholine rings is 1. The number of carbonyl (C=O) groups excluding carboxylic acids is 1. The van der Waals surface area contributed by atoms with E-state index in [1.807, 2.05) is 47.9 Å². The lowest BCUT2D eigenvalue weighted by molar-refractivity contribution is -0.0131. The number of amides is 1. The molecule has 0 aliphatic carbocycles. The molecule has 6 rings (SSSR count). The normalized spacial score (nSPS) is 17.7. The third kappa shape index (κ3) is 3.84. The minimum Gasteiger partial charge on any atom is -0.378 e. The fraction of sp³-hybridized carbons (Fsp3) is 0.296. The number of fused-ring (bicyclic) bond motifs is 4. The first kappa shape index (κ1) is 21.8. The summed E-state index contributed by atoms with van der Waals surface area (Å²) in [5.74, 6) is 0.988. The average molecular weight is 469 g/mol. The molecule has 1 amide bonds. The van der Waals surface area contributed by atoms with Crippen molar-refractivity contribution in [3.63, 3.8) is 0 Å². The Morgan fingerprint density at radius 3 is 2.83 bits per heavy atom. The highest BCUT2D eigenvalue weighted by atomic mass is 16.5. The highest BCUT2D eigenvalue weighted by molar-refractivity contribution is 6.06. The van der Waals surface area contributed by atoms with E-state index in [1.165, 1.54) is 5.56 Å². The van der Waals surface area contributed by atoms with Crippen LogP contribution in [0.1, 0.15) is 38.9 Å². The summed E-state index contributed by atoms with van der Waals surface area (Å²) in [5, 5.41) is 4.41. The summed E-state index contributed by atoms with van der Waals surface area (Å²) in [6.07, 6.45) is 0.853. The number of hydrogen-bond donors (Lipinski definition) is 2. The monoisotopic (exact) mass is 468 g/mol. The minimum absolute atomic E-state index is 0.142. The first-order chi connectivity index (χ1) is 17.1. The van der Waals surface area contributed by atoms with Crippen molar-refractivity contribution in [2.24, 2.45) is 5.73 Å². The van der Waals surface area contributed by atoms with Gasteiger partial charge in [-0.25, -0.2) is 4.98 Å². The first-order valence-electron chi connectivity index (χ1n) is 12.0. The van der Waals surface area contributed by atoms with E-state index in [9.17, 15) is 4.79 Å². The van der Waals surface area contributed by atoms with E-state index < -0.39 is 5.91 Å². The summed E-state index contributed by atoms with van der Waals surface area (Å²) in [6, 6.07) is 18.0. The number of rotatable bonds is 5. The molecule has 1 unspecified atom stereocenters. The zero-order valence-corrected chi connectivity index (χ0v) is 19.7. The van der Waals surface area contributed by atoms with Crippen molar-refractivity contribution in [2.45, 2.75) is 25.9 Å². The second-order valence-corrected chi connectivity index (χ2v) is 9.17. The van der Waals surface area contributed by atoms with Crippen LogP contribution in [-0.2, 0) is 17.7 Å². The Balaban J connectivity index is 1.49. The lowest BCUT2D eigenvalue weighted by atomic mass is 9.96. The van der Waals surface area contributed by atoms with Gasteiger partial charge in [0.25, 0.3) is 0 Å². The molecule has 35 heavy (non-hydrogen) atoms. The van der Waals surface area contributed by atoms with E-state index >= 15 is 0 Å². The second-order valence-electron chi connectivity index (χ2n) is 9.17. The molecule has 1 saturated heterocycles. The number of aryl methyl sites for hydroxylation is 1. The number of hydrogen-bond acceptors (Lipinski definition) is 6. The molecule has 2 aliphatic rings. The van der Waals surface area contributed by atoms with E-state index in [-0.39, 0.29) is 6.04 Å². The van der Waals surface area contributed by atoms with Gasteiger partial charge in [0, 0.05) is 48.3 Å². The minimum atomic E-state index is -0.443. The van der Waals surface area contributed by atoms with Gasteiger partial charge in [0.2, 0.25) is 11.9 Å². The fourth-order valence-electron chi connectivity index (χ4n) is 5.32. The van der Waals surface area contributed by atoms with Crippen molar-refractivity contribution < 1.29 is 9.53 Å². The Morgan fingerprint density at radius 1 is 1.14 bits per heavy atom. The molecule has 0 bridgehead atoms. The Labute approximate surface area is 203 Å². The molecule has 4 aromatic rings. The molecule has 2 aliphatic heterocycles. The molecule has 0 radical (unpaired) electrons. The molecule has 1 atom stereocenters. The van der Waals surface area contributed by atoms with Crippen molar-refractivity contribution in [1.29, 1.82) is 0 Å². The largest absolute Gasteiger partial charge is 0.378 e. The number of ether oxygens (including phenoxy) is 1. The van der Waals surface area contributed by atoms with E-state index in [2.05, 4.69) is 22.3 Å². The van der Waals surface area contributed by atoms with Crippen molar-refractivity contribution in [1.82, 2.24) is 19.4 Å². The highest BCUT2D eigenvalue weighted by Crippen LogP contribution is 2.36. The van der Waals surface area contributed by atoms with Crippen LogP contribution in [0.4, 0.5) is 5.82 Å². The predicted octanol–water partition coefficient (Wildman–Crippen LogP) is 3.37. The number of carbonyl (C=O) groups is 1. The van der Waals surface area contributed by atoms with Gasteiger partial charge in [0.1, 0.15) is 5.82 Å². The Morgan fingerprint density at radius 2 is 2.00 bits per heavy atom. The third-order valence-corrected chi connectivity index (χ3v) is 7.02. The van der Waals surface area contributed by atoms with Gasteiger partial charge in [-0.15, -0.1) is 0 Å². The van der Waals surface area contributed by atoms with Crippen LogP contribution in [0.5, 0.6) is 0 Å². The molecule has 3 N–H and O–H groups in total. The number of aromatic nitrogens is 3. The van der Waals surface area contributed by atoms with Crippen LogP contribution in [0, 0.1) is 6.92 Å². The highest BCUT2D eigenvalue weighted by Gasteiger charge is 2.34. The van der Waals surface area contributed by atoms with Crippen LogP contribution in [0.2, 0.25) is 0 Å². The number of nitrogens with one attached hydrogen (secondary N) is 1. The first-order valence-corrected chi connectivity index (χ1v) is 12.0. The van der Waals surface area contributed by atoms with Crippen molar-refractivity contribution in [3.05, 3.63) is 82.7 Å². The van der Waals surface area contributed by atoms with Gasteiger partial charge in [-0.2, -0.15) is 4.98 Å². The van der Waals surface area contributed by atoms with E-state index in [1.54, 1.807) is 6.07 Å². The number of primary amides is 1. The zero-order chi connectivity index (χ0) is 23.9. The molecule has 1 fully saturated rings. The lowest BCUT2D eigenvalue weighted by Gasteiger charge is -2.40. The Bertz CT molecular complexity index is 1410. The molecule has 0 spiro atoms. The molecule has 178 valence electrons. The number of anilines is 1. The van der Waals surface area contributed by atoms with E-state index in [0.717, 1.165) is 59.8 Å². The van der Waals surface area contributed by atoms with E-state index in [0.29, 0.717) is 24.7 Å². The smallest absolute Gasteiger partial charge is 0.249 e. The summed E-state index contributed by atoms with van der Waals surface area (Å²) in [6.45, 7) is 5.93. The van der Waals surface area contributed by atoms with Crippen LogP contribution in [0.3, 0.4) is 0 Å². The Kier molecular flexibility index (Phi) is 5.47. The SMILES string of the molecule is Cc1cc2c(C(N)=O)cccc2n1-c1nc2c(c(NCc3ccccc3)n1)C1COCCN1CC2. The average Bonchev–Trinajstić information content (AvgIpc) is 3.23. The van der Waals surface area contributed by atoms with Crippen LogP contribution < -0.4 is 11.1 Å². The summed E-state index contributed by atoms with van der Waals surface area (Å²) >= 11 is 0. The van der Waals surface area contributed by atoms with Crippen LogP contribution in [0.15, 0.2) is 54.6 Å². The maximum atomic E-state index is 12.0. The van der Waals surface area contributed by atoms with Crippen molar-refractivity contribution >= 4 is 22.6 Å². The number of nitrogens with two attached hydrogens (primary N) is 1. The number of benzene rings is 2. The molecule has 8 nitrogen and oxygen atoms in total. The molecule has 2 aromatic carbocycles. The number of nitrogens with zero attached hydrogens (tertiary/aromatic N) is 4. The second kappa shape index (κ2) is 8.79. The van der Waals surface area contributed by atoms with Gasteiger partial charge in [0.05, 0.1) is 30.5 Å². The van der Waals surface area contributed by atoms with Crippen LogP contribution in [0.25, 0.3) is 16.9 Å².